The number of anilines is 1. The molecule has 0 spiro atoms. The molecule has 1 heterocycles. The molecule has 1 atom stereocenters. The lowest BCUT2D eigenvalue weighted by molar-refractivity contribution is -0.153. The maximum atomic E-state index is 12.6. The molecule has 0 saturated carbocycles. The molecular weight excluding hydrogens is 324 g/mol. The van der Waals surface area contributed by atoms with Gasteiger partial charge in [0.2, 0.25) is 0 Å². The Bertz CT molecular complexity index is 708. The first-order valence-electron chi connectivity index (χ1n) is 7.57. The predicted octanol–water partition coefficient (Wildman–Crippen LogP) is 3.17. The maximum absolute atomic E-state index is 12.6. The Balaban J connectivity index is 2.02. The molecule has 0 aliphatic carbocycles. The molecule has 124 valence electrons. The van der Waals surface area contributed by atoms with E-state index >= 15 is 0 Å². The summed E-state index contributed by atoms with van der Waals surface area (Å²) in [6.07, 6.45) is -0.550. The van der Waals surface area contributed by atoms with Crippen LogP contribution in [-0.4, -0.2) is 24.5 Å². The zero-order chi connectivity index (χ0) is 17.4. The number of amides is 1. The quantitative estimate of drug-likeness (QED) is 0.725. The molecular formula is C18H18N2O3S. The number of benzene rings is 1. The summed E-state index contributed by atoms with van der Waals surface area (Å²) in [7, 11) is 0. The number of para-hydroxylation sites is 1. The molecule has 0 radical (unpaired) electrons. The zero-order valence-electron chi connectivity index (χ0n) is 13.3. The largest absolute Gasteiger partial charge is 0.452 e. The van der Waals surface area contributed by atoms with Gasteiger partial charge >= 0.3 is 5.97 Å². The van der Waals surface area contributed by atoms with Gasteiger partial charge in [-0.05, 0) is 30.5 Å². The number of rotatable bonds is 7. The summed E-state index contributed by atoms with van der Waals surface area (Å²) in [6, 6.07) is 14.8. The minimum Gasteiger partial charge on any atom is -0.452 e. The zero-order valence-corrected chi connectivity index (χ0v) is 14.2. The van der Waals surface area contributed by atoms with Gasteiger partial charge in [-0.2, -0.15) is 5.26 Å². The highest BCUT2D eigenvalue weighted by Gasteiger charge is 2.25. The predicted molar refractivity (Wildman–Crippen MR) is 92.6 cm³/mol. The smallest absolute Gasteiger partial charge is 0.311 e. The second-order valence-electron chi connectivity index (χ2n) is 5.12. The van der Waals surface area contributed by atoms with Crippen molar-refractivity contribution in [1.29, 1.82) is 5.26 Å². The van der Waals surface area contributed by atoms with Gasteiger partial charge in [0, 0.05) is 17.1 Å². The third-order valence-electron chi connectivity index (χ3n) is 3.34. The Morgan fingerprint density at radius 3 is 2.62 bits per heavy atom. The molecule has 1 unspecified atom stereocenters. The number of carbonyl (C=O) groups is 2. The Morgan fingerprint density at radius 2 is 2.00 bits per heavy atom. The van der Waals surface area contributed by atoms with E-state index in [-0.39, 0.29) is 25.3 Å². The molecule has 2 rings (SSSR count). The van der Waals surface area contributed by atoms with Gasteiger partial charge in [-0.25, -0.2) is 0 Å². The lowest BCUT2D eigenvalue weighted by Crippen LogP contribution is -2.40. The van der Waals surface area contributed by atoms with E-state index < -0.39 is 12.1 Å². The molecule has 0 aliphatic heterocycles. The minimum absolute atomic E-state index is 0.152. The van der Waals surface area contributed by atoms with Gasteiger partial charge in [-0.3, -0.25) is 9.59 Å². The third-order valence-corrected chi connectivity index (χ3v) is 4.21. The maximum Gasteiger partial charge on any atom is 0.311 e. The summed E-state index contributed by atoms with van der Waals surface area (Å²) in [5.41, 5.74) is 0.680. The van der Waals surface area contributed by atoms with Crippen LogP contribution in [0.3, 0.4) is 0 Å². The summed E-state index contributed by atoms with van der Waals surface area (Å²) < 4.78 is 5.26. The van der Waals surface area contributed by atoms with Crippen LogP contribution in [0, 0.1) is 11.3 Å². The number of carbonyl (C=O) groups excluding carboxylic acids is 2. The Kier molecular flexibility index (Phi) is 6.52. The van der Waals surface area contributed by atoms with E-state index in [1.54, 1.807) is 19.1 Å². The van der Waals surface area contributed by atoms with Crippen LogP contribution in [0.4, 0.5) is 5.69 Å². The molecule has 1 aromatic heterocycles. The summed E-state index contributed by atoms with van der Waals surface area (Å²) in [5, 5.41) is 10.7. The molecule has 0 saturated heterocycles. The van der Waals surface area contributed by atoms with Crippen molar-refractivity contribution in [3.8, 4) is 6.07 Å². The van der Waals surface area contributed by atoms with Gasteiger partial charge in [-0.15, -0.1) is 11.3 Å². The van der Waals surface area contributed by atoms with Crippen molar-refractivity contribution in [2.45, 2.75) is 25.9 Å². The van der Waals surface area contributed by atoms with Crippen LogP contribution in [-0.2, 0) is 20.7 Å². The standard InChI is InChI=1S/C18H18N2O3S/c1-14(23-17(21)13-16-9-5-12-24-16)18(22)20(11-6-10-19)15-7-3-2-4-8-15/h2-5,7-9,12,14H,6,11,13H2,1H3. The monoisotopic (exact) mass is 342 g/mol. The first kappa shape index (κ1) is 17.7. The molecule has 0 N–H and O–H groups in total. The van der Waals surface area contributed by atoms with Crippen LogP contribution in [0.15, 0.2) is 47.8 Å². The lowest BCUT2D eigenvalue weighted by atomic mass is 10.2. The van der Waals surface area contributed by atoms with Gasteiger partial charge in [0.25, 0.3) is 5.91 Å². The van der Waals surface area contributed by atoms with Gasteiger partial charge in [0.1, 0.15) is 0 Å². The lowest BCUT2D eigenvalue weighted by Gasteiger charge is -2.25. The van der Waals surface area contributed by atoms with Gasteiger partial charge in [0.15, 0.2) is 6.10 Å². The van der Waals surface area contributed by atoms with E-state index in [4.69, 9.17) is 10.00 Å². The SMILES string of the molecule is CC(OC(=O)Cc1cccs1)C(=O)N(CCC#N)c1ccccc1. The van der Waals surface area contributed by atoms with E-state index in [1.165, 1.54) is 16.2 Å². The van der Waals surface area contributed by atoms with Crippen molar-refractivity contribution in [1.82, 2.24) is 0 Å². The van der Waals surface area contributed by atoms with Crippen LogP contribution in [0.2, 0.25) is 0 Å². The van der Waals surface area contributed by atoms with Crippen molar-refractivity contribution >= 4 is 28.9 Å². The second kappa shape index (κ2) is 8.85. The van der Waals surface area contributed by atoms with Gasteiger partial charge in [-0.1, -0.05) is 24.3 Å². The van der Waals surface area contributed by atoms with Crippen molar-refractivity contribution in [3.63, 3.8) is 0 Å². The topological polar surface area (TPSA) is 70.4 Å². The molecule has 24 heavy (non-hydrogen) atoms. The Hall–Kier alpha value is -2.65. The fraction of sp³-hybridized carbons (Fsp3) is 0.278. The number of nitrogens with zero attached hydrogens (tertiary/aromatic N) is 2. The molecule has 0 bridgehead atoms. The van der Waals surface area contributed by atoms with E-state index in [0.717, 1.165) is 4.88 Å². The highest BCUT2D eigenvalue weighted by atomic mass is 32.1. The van der Waals surface area contributed by atoms with Crippen molar-refractivity contribution in [2.24, 2.45) is 0 Å². The van der Waals surface area contributed by atoms with Crippen molar-refractivity contribution < 1.29 is 14.3 Å². The van der Waals surface area contributed by atoms with E-state index in [1.807, 2.05) is 41.8 Å². The molecule has 0 aliphatic rings. The number of hydrogen-bond acceptors (Lipinski definition) is 5. The molecule has 2 aromatic rings. The molecule has 0 fully saturated rings. The second-order valence-corrected chi connectivity index (χ2v) is 6.15. The van der Waals surface area contributed by atoms with Crippen LogP contribution in [0.25, 0.3) is 0 Å². The normalized spacial score (nSPS) is 11.3. The molecule has 6 heteroatoms. The summed E-state index contributed by atoms with van der Waals surface area (Å²) in [4.78, 5) is 27.0. The van der Waals surface area contributed by atoms with E-state index in [2.05, 4.69) is 0 Å². The van der Waals surface area contributed by atoms with Crippen LogP contribution in [0.5, 0.6) is 0 Å². The van der Waals surface area contributed by atoms with E-state index in [0.29, 0.717) is 5.69 Å². The van der Waals surface area contributed by atoms with E-state index in [9.17, 15) is 9.59 Å². The first-order chi connectivity index (χ1) is 11.6. The highest BCUT2D eigenvalue weighted by molar-refractivity contribution is 7.10. The van der Waals surface area contributed by atoms with Crippen LogP contribution >= 0.6 is 11.3 Å². The molecule has 1 aromatic carbocycles. The highest BCUT2D eigenvalue weighted by Crippen LogP contribution is 2.17. The molecule has 1 amide bonds. The number of thiophene rings is 1. The third kappa shape index (κ3) is 4.93. The fourth-order valence-corrected chi connectivity index (χ4v) is 2.89. The summed E-state index contributed by atoms with van der Waals surface area (Å²) >= 11 is 1.47. The summed E-state index contributed by atoms with van der Waals surface area (Å²) in [5.74, 6) is -0.775. The average molecular weight is 342 g/mol. The van der Waals surface area contributed by atoms with Crippen molar-refractivity contribution in [2.75, 3.05) is 11.4 Å². The Labute approximate surface area is 145 Å². The fourth-order valence-electron chi connectivity index (χ4n) is 2.20. The number of esters is 1. The minimum atomic E-state index is -0.906. The van der Waals surface area contributed by atoms with Gasteiger partial charge < -0.3 is 9.64 Å². The number of nitriles is 1. The summed E-state index contributed by atoms with van der Waals surface area (Å²) in [6.45, 7) is 1.81. The average Bonchev–Trinajstić information content (AvgIpc) is 3.08. The van der Waals surface area contributed by atoms with Crippen LogP contribution in [0.1, 0.15) is 18.2 Å². The van der Waals surface area contributed by atoms with Crippen LogP contribution < -0.4 is 4.90 Å². The Morgan fingerprint density at radius 1 is 1.25 bits per heavy atom. The number of ether oxygens (including phenoxy) is 1. The number of hydrogen-bond donors (Lipinski definition) is 0. The first-order valence-corrected chi connectivity index (χ1v) is 8.45. The molecule has 5 nitrogen and oxygen atoms in total. The van der Waals surface area contributed by atoms with Gasteiger partial charge in [0.05, 0.1) is 18.9 Å². The van der Waals surface area contributed by atoms with Crippen molar-refractivity contribution in [3.05, 3.63) is 52.7 Å².